The Kier molecular flexibility index (Phi) is 7.89. The molecule has 0 radical (unpaired) electrons. The molecule has 35 heavy (non-hydrogen) atoms. The average molecular weight is 478 g/mol. The fourth-order valence-electron chi connectivity index (χ4n) is 3.84. The van der Waals surface area contributed by atoms with E-state index in [9.17, 15) is 9.18 Å². The lowest BCUT2D eigenvalue weighted by molar-refractivity contribution is -0.111. The molecule has 0 aliphatic carbocycles. The number of halogens is 1. The number of fused-ring (bicyclic) bond motifs is 1. The molecule has 9 heteroatoms. The first-order valence-electron chi connectivity index (χ1n) is 11.4. The van der Waals surface area contributed by atoms with Gasteiger partial charge in [0.15, 0.2) is 11.6 Å². The van der Waals surface area contributed by atoms with Gasteiger partial charge in [-0.2, -0.15) is 4.98 Å². The maximum Gasteiger partial charge on any atom is 0.247 e. The Balaban J connectivity index is 1.58. The van der Waals surface area contributed by atoms with Crippen LogP contribution in [0, 0.1) is 5.82 Å². The third kappa shape index (κ3) is 6.13. The molecule has 2 aromatic carbocycles. The summed E-state index contributed by atoms with van der Waals surface area (Å²) in [4.78, 5) is 22.2. The van der Waals surface area contributed by atoms with E-state index in [0.717, 1.165) is 36.2 Å². The molecule has 2 N–H and O–H groups in total. The van der Waals surface area contributed by atoms with Crippen molar-refractivity contribution >= 4 is 34.7 Å². The molecule has 0 saturated carbocycles. The highest BCUT2D eigenvalue weighted by atomic mass is 19.1. The van der Waals surface area contributed by atoms with Crippen LogP contribution in [0.2, 0.25) is 0 Å². The zero-order valence-corrected chi connectivity index (χ0v) is 19.6. The van der Waals surface area contributed by atoms with E-state index in [1.807, 2.05) is 47.4 Å². The van der Waals surface area contributed by atoms with Gasteiger partial charge in [0.1, 0.15) is 12.4 Å². The molecule has 1 aliphatic rings. The van der Waals surface area contributed by atoms with Crippen molar-refractivity contribution in [3.05, 3.63) is 72.7 Å². The summed E-state index contributed by atoms with van der Waals surface area (Å²) in [6.45, 7) is 5.05. The summed E-state index contributed by atoms with van der Waals surface area (Å²) in [5, 5.41) is 5.90. The van der Waals surface area contributed by atoms with Crippen LogP contribution >= 0.6 is 0 Å². The van der Waals surface area contributed by atoms with Gasteiger partial charge in [0.25, 0.3) is 0 Å². The molecular weight excluding hydrogens is 449 g/mol. The van der Waals surface area contributed by atoms with E-state index in [-0.39, 0.29) is 17.7 Å². The van der Waals surface area contributed by atoms with Crippen LogP contribution in [0.5, 0.6) is 5.75 Å². The molecule has 1 amide bonds. The van der Waals surface area contributed by atoms with E-state index in [4.69, 9.17) is 9.47 Å². The number of hydrogen-bond donors (Lipinski definition) is 2. The lowest BCUT2D eigenvalue weighted by atomic mass is 10.1. The number of ether oxygens (including phenoxy) is 2. The first-order valence-corrected chi connectivity index (χ1v) is 11.4. The van der Waals surface area contributed by atoms with E-state index in [1.54, 1.807) is 7.11 Å². The lowest BCUT2D eigenvalue weighted by Gasteiger charge is -2.25. The van der Waals surface area contributed by atoms with Gasteiger partial charge in [-0.15, -0.1) is 0 Å². The van der Waals surface area contributed by atoms with Crippen molar-refractivity contribution < 1.29 is 18.7 Å². The Labute approximate surface area is 203 Å². The van der Waals surface area contributed by atoms with E-state index in [0.29, 0.717) is 31.2 Å². The molecule has 0 bridgehead atoms. The van der Waals surface area contributed by atoms with Crippen molar-refractivity contribution in [1.82, 2.24) is 9.97 Å². The van der Waals surface area contributed by atoms with Gasteiger partial charge in [0, 0.05) is 30.7 Å². The van der Waals surface area contributed by atoms with Gasteiger partial charge >= 0.3 is 0 Å². The Morgan fingerprint density at radius 3 is 2.74 bits per heavy atom. The van der Waals surface area contributed by atoms with Gasteiger partial charge < -0.3 is 25.0 Å². The van der Waals surface area contributed by atoms with Crippen LogP contribution in [0.25, 0.3) is 0 Å². The van der Waals surface area contributed by atoms with E-state index < -0.39 is 5.82 Å². The highest BCUT2D eigenvalue weighted by Crippen LogP contribution is 2.35. The summed E-state index contributed by atoms with van der Waals surface area (Å²) >= 11 is 0. The van der Waals surface area contributed by atoms with Crippen LogP contribution in [0.3, 0.4) is 0 Å². The summed E-state index contributed by atoms with van der Waals surface area (Å²) in [6, 6.07) is 13.0. The topological polar surface area (TPSA) is 88.6 Å². The van der Waals surface area contributed by atoms with Gasteiger partial charge in [0.2, 0.25) is 11.9 Å². The maximum absolute atomic E-state index is 15.0. The number of amides is 1. The van der Waals surface area contributed by atoms with Gasteiger partial charge in [0.05, 0.1) is 12.8 Å². The van der Waals surface area contributed by atoms with Crippen LogP contribution in [-0.2, 0) is 16.0 Å². The number of rotatable bonds is 9. The Bertz CT molecular complexity index is 1190. The standard InChI is InChI=1S/C26H28FN5O3/c1-3-24(33)29-20-8-7-18-6-4-5-13-32(23(18)16-20)25-22(27)17-28-26(31-25)30-19-9-11-21(12-10-19)35-15-14-34-2/h3,7-12,16-17H,1,4-6,13-15H2,2H3,(H,29,33)(H,28,30,31). The fraction of sp³-hybridized carbons (Fsp3) is 0.269. The number of benzene rings is 2. The van der Waals surface area contributed by atoms with Crippen molar-refractivity contribution in [1.29, 1.82) is 0 Å². The fourth-order valence-corrected chi connectivity index (χ4v) is 3.84. The molecule has 3 aromatic rings. The quantitative estimate of drug-likeness (QED) is 0.332. The molecule has 8 nitrogen and oxygen atoms in total. The minimum absolute atomic E-state index is 0.178. The number of carbonyl (C=O) groups excluding carboxylic acids is 1. The molecule has 0 fully saturated rings. The van der Waals surface area contributed by atoms with Crippen molar-refractivity contribution in [3.63, 3.8) is 0 Å². The summed E-state index contributed by atoms with van der Waals surface area (Å²) in [6.07, 6.45) is 5.08. The van der Waals surface area contributed by atoms with Crippen LogP contribution < -0.4 is 20.3 Å². The molecule has 0 saturated heterocycles. The summed E-state index contributed by atoms with van der Waals surface area (Å²) < 4.78 is 25.5. The lowest BCUT2D eigenvalue weighted by Crippen LogP contribution is -2.21. The first kappa shape index (κ1) is 24.2. The van der Waals surface area contributed by atoms with Gasteiger partial charge in [-0.3, -0.25) is 4.79 Å². The predicted molar refractivity (Wildman–Crippen MR) is 134 cm³/mol. The van der Waals surface area contributed by atoms with Crippen LogP contribution in [0.4, 0.5) is 33.2 Å². The van der Waals surface area contributed by atoms with Crippen molar-refractivity contribution in [2.75, 3.05) is 42.4 Å². The Morgan fingerprint density at radius 1 is 1.17 bits per heavy atom. The van der Waals surface area contributed by atoms with Crippen molar-refractivity contribution in [2.45, 2.75) is 19.3 Å². The molecule has 2 heterocycles. The normalized spacial score (nSPS) is 12.9. The monoisotopic (exact) mass is 477 g/mol. The number of aryl methyl sites for hydroxylation is 1. The second kappa shape index (κ2) is 11.4. The molecular formula is C26H28FN5O3. The summed E-state index contributed by atoms with van der Waals surface area (Å²) in [7, 11) is 1.62. The zero-order valence-electron chi connectivity index (χ0n) is 19.6. The molecule has 1 aliphatic heterocycles. The van der Waals surface area contributed by atoms with E-state index >= 15 is 0 Å². The molecule has 182 valence electrons. The van der Waals surface area contributed by atoms with Gasteiger partial charge in [-0.25, -0.2) is 9.37 Å². The highest BCUT2D eigenvalue weighted by Gasteiger charge is 2.22. The number of methoxy groups -OCH3 is 1. The highest BCUT2D eigenvalue weighted by molar-refractivity contribution is 5.99. The summed E-state index contributed by atoms with van der Waals surface area (Å²) in [5.41, 5.74) is 3.23. The van der Waals surface area contributed by atoms with Crippen LogP contribution in [0.15, 0.2) is 61.3 Å². The van der Waals surface area contributed by atoms with Crippen molar-refractivity contribution in [3.8, 4) is 5.75 Å². The van der Waals surface area contributed by atoms with E-state index in [1.165, 1.54) is 12.3 Å². The number of hydrogen-bond acceptors (Lipinski definition) is 7. The SMILES string of the molecule is C=CC(=O)Nc1ccc2c(c1)N(c1nc(Nc3ccc(OCCOC)cc3)ncc1F)CCCC2. The van der Waals surface area contributed by atoms with Gasteiger partial charge in [-0.05, 0) is 67.3 Å². The zero-order chi connectivity index (χ0) is 24.6. The third-order valence-electron chi connectivity index (χ3n) is 5.55. The average Bonchev–Trinajstić information content (AvgIpc) is 3.08. The van der Waals surface area contributed by atoms with Gasteiger partial charge in [-0.1, -0.05) is 12.6 Å². The molecule has 1 aromatic heterocycles. The molecule has 4 rings (SSSR count). The Morgan fingerprint density at radius 2 is 1.97 bits per heavy atom. The smallest absolute Gasteiger partial charge is 0.247 e. The number of nitrogens with zero attached hydrogens (tertiary/aromatic N) is 3. The second-order valence-electron chi connectivity index (χ2n) is 8.00. The minimum Gasteiger partial charge on any atom is -0.491 e. The molecule has 0 atom stereocenters. The summed E-state index contributed by atoms with van der Waals surface area (Å²) in [5.74, 6) is 0.341. The molecule has 0 spiro atoms. The third-order valence-corrected chi connectivity index (χ3v) is 5.55. The predicted octanol–water partition coefficient (Wildman–Crippen LogP) is 4.98. The van der Waals surface area contributed by atoms with Crippen molar-refractivity contribution in [2.24, 2.45) is 0 Å². The van der Waals surface area contributed by atoms with Crippen LogP contribution in [0.1, 0.15) is 18.4 Å². The Hall–Kier alpha value is -3.98. The number of carbonyl (C=O) groups is 1. The largest absolute Gasteiger partial charge is 0.491 e. The molecule has 0 unspecified atom stereocenters. The minimum atomic E-state index is -0.522. The second-order valence-corrected chi connectivity index (χ2v) is 8.00. The maximum atomic E-state index is 15.0. The number of nitrogens with one attached hydrogen (secondary N) is 2. The number of aromatic nitrogens is 2. The van der Waals surface area contributed by atoms with E-state index in [2.05, 4.69) is 27.2 Å². The first-order chi connectivity index (χ1) is 17.1. The van der Waals surface area contributed by atoms with Crippen LogP contribution in [-0.4, -0.2) is 42.7 Å². The number of anilines is 5.